The van der Waals surface area contributed by atoms with Crippen LogP contribution in [0.5, 0.6) is 0 Å². The van der Waals surface area contributed by atoms with Crippen LogP contribution < -0.4 is 10.6 Å². The van der Waals surface area contributed by atoms with Crippen LogP contribution in [0.15, 0.2) is 29.3 Å². The van der Waals surface area contributed by atoms with Gasteiger partial charge in [-0.15, -0.1) is 0 Å². The number of halogens is 2. The van der Waals surface area contributed by atoms with Gasteiger partial charge in [0.15, 0.2) is 5.96 Å². The second-order valence-corrected chi connectivity index (χ2v) is 5.96. The number of nitrogens with one attached hydrogen (secondary N) is 2. The Morgan fingerprint density at radius 1 is 1.08 bits per heavy atom. The van der Waals surface area contributed by atoms with Crippen LogP contribution in [0.3, 0.4) is 0 Å². The van der Waals surface area contributed by atoms with E-state index >= 15 is 0 Å². The van der Waals surface area contributed by atoms with Gasteiger partial charge in [0.25, 0.3) is 0 Å². The molecule has 136 valence electrons. The molecule has 0 saturated heterocycles. The highest BCUT2D eigenvalue weighted by Crippen LogP contribution is 2.08. The predicted molar refractivity (Wildman–Crippen MR) is 95.7 cm³/mol. The first-order valence-electron chi connectivity index (χ1n) is 8.38. The summed E-state index contributed by atoms with van der Waals surface area (Å²) in [5.41, 5.74) is 2.80. The van der Waals surface area contributed by atoms with Crippen LogP contribution in [-0.2, 0) is 13.0 Å². The van der Waals surface area contributed by atoms with Crippen molar-refractivity contribution in [1.82, 2.24) is 20.4 Å². The summed E-state index contributed by atoms with van der Waals surface area (Å²) < 4.78 is 28.3. The number of rotatable bonds is 7. The number of aryl methyl sites for hydroxylation is 3. The van der Waals surface area contributed by atoms with E-state index in [9.17, 15) is 8.78 Å². The van der Waals surface area contributed by atoms with Crippen molar-refractivity contribution in [3.63, 3.8) is 0 Å². The highest BCUT2D eigenvalue weighted by Gasteiger charge is 2.03. The molecule has 0 unspecified atom stereocenters. The first-order chi connectivity index (χ1) is 12.0. The van der Waals surface area contributed by atoms with E-state index in [0.717, 1.165) is 37.0 Å². The lowest BCUT2D eigenvalue weighted by molar-refractivity contribution is 0.555. The Kier molecular flexibility index (Phi) is 6.91. The SMILES string of the molecule is CN=C(NCCCn1nc(C)cc1C)NCCc1cc(F)cc(F)c1. The van der Waals surface area contributed by atoms with Gasteiger partial charge in [-0.2, -0.15) is 5.10 Å². The zero-order chi connectivity index (χ0) is 18.2. The van der Waals surface area contributed by atoms with E-state index < -0.39 is 11.6 Å². The fourth-order valence-electron chi connectivity index (χ4n) is 2.64. The van der Waals surface area contributed by atoms with E-state index in [-0.39, 0.29) is 0 Å². The average molecular weight is 349 g/mol. The molecular weight excluding hydrogens is 324 g/mol. The third-order valence-electron chi connectivity index (χ3n) is 3.79. The molecule has 0 aliphatic carbocycles. The van der Waals surface area contributed by atoms with Gasteiger partial charge >= 0.3 is 0 Å². The number of aliphatic imine (C=N–C) groups is 1. The summed E-state index contributed by atoms with van der Waals surface area (Å²) in [6.07, 6.45) is 1.43. The van der Waals surface area contributed by atoms with Crippen LogP contribution in [0.4, 0.5) is 8.78 Å². The monoisotopic (exact) mass is 349 g/mol. The molecule has 0 radical (unpaired) electrons. The number of aromatic nitrogens is 2. The summed E-state index contributed by atoms with van der Waals surface area (Å²) in [4.78, 5) is 4.14. The quantitative estimate of drug-likeness (QED) is 0.459. The minimum absolute atomic E-state index is 0.515. The summed E-state index contributed by atoms with van der Waals surface area (Å²) in [7, 11) is 1.69. The van der Waals surface area contributed by atoms with Crippen molar-refractivity contribution in [2.24, 2.45) is 4.99 Å². The molecule has 1 aromatic carbocycles. The third-order valence-corrected chi connectivity index (χ3v) is 3.79. The van der Waals surface area contributed by atoms with Gasteiger partial charge in [0.05, 0.1) is 5.69 Å². The number of guanidine groups is 1. The fourth-order valence-corrected chi connectivity index (χ4v) is 2.64. The molecule has 1 heterocycles. The minimum atomic E-state index is -0.554. The lowest BCUT2D eigenvalue weighted by Gasteiger charge is -2.12. The molecule has 25 heavy (non-hydrogen) atoms. The molecule has 2 rings (SSSR count). The molecule has 0 spiro atoms. The summed E-state index contributed by atoms with van der Waals surface area (Å²) in [6, 6.07) is 5.62. The van der Waals surface area contributed by atoms with Crippen LogP contribution in [-0.4, -0.2) is 35.9 Å². The highest BCUT2D eigenvalue weighted by atomic mass is 19.1. The van der Waals surface area contributed by atoms with Crippen molar-refractivity contribution < 1.29 is 8.78 Å². The molecule has 5 nitrogen and oxygen atoms in total. The van der Waals surface area contributed by atoms with Gasteiger partial charge in [-0.25, -0.2) is 8.78 Å². The maximum Gasteiger partial charge on any atom is 0.190 e. The van der Waals surface area contributed by atoms with E-state index in [4.69, 9.17) is 0 Å². The van der Waals surface area contributed by atoms with Crippen LogP contribution in [0.2, 0.25) is 0 Å². The van der Waals surface area contributed by atoms with Gasteiger partial charge in [-0.1, -0.05) is 0 Å². The normalized spacial score (nSPS) is 11.6. The number of benzene rings is 1. The van der Waals surface area contributed by atoms with Gasteiger partial charge in [-0.05, 0) is 50.5 Å². The van der Waals surface area contributed by atoms with E-state index in [1.165, 1.54) is 12.1 Å². The third kappa shape index (κ3) is 6.17. The Labute approximate surface area is 147 Å². The molecule has 0 saturated carbocycles. The summed E-state index contributed by atoms with van der Waals surface area (Å²) in [5.74, 6) is -0.437. The maximum absolute atomic E-state index is 13.2. The highest BCUT2D eigenvalue weighted by molar-refractivity contribution is 5.79. The molecule has 0 fully saturated rings. The predicted octanol–water partition coefficient (Wildman–Crippen LogP) is 2.58. The number of hydrogen-bond acceptors (Lipinski definition) is 2. The molecule has 0 bridgehead atoms. The second kappa shape index (κ2) is 9.15. The Balaban J connectivity index is 1.69. The molecular formula is C18H25F2N5. The summed E-state index contributed by atoms with van der Waals surface area (Å²) in [5, 5.41) is 10.8. The van der Waals surface area contributed by atoms with Gasteiger partial charge in [0.1, 0.15) is 11.6 Å². The van der Waals surface area contributed by atoms with E-state index in [0.29, 0.717) is 24.5 Å². The first kappa shape index (κ1) is 18.9. The van der Waals surface area contributed by atoms with Crippen LogP contribution in [0, 0.1) is 25.5 Å². The Bertz CT molecular complexity index is 704. The van der Waals surface area contributed by atoms with Crippen molar-refractivity contribution in [2.45, 2.75) is 33.2 Å². The van der Waals surface area contributed by atoms with Gasteiger partial charge in [0, 0.05) is 38.4 Å². The van der Waals surface area contributed by atoms with Gasteiger partial charge in [0.2, 0.25) is 0 Å². The topological polar surface area (TPSA) is 54.2 Å². The van der Waals surface area contributed by atoms with Crippen molar-refractivity contribution in [2.75, 3.05) is 20.1 Å². The van der Waals surface area contributed by atoms with Crippen LogP contribution >= 0.6 is 0 Å². The maximum atomic E-state index is 13.2. The van der Waals surface area contributed by atoms with Crippen molar-refractivity contribution >= 4 is 5.96 Å². The number of hydrogen-bond donors (Lipinski definition) is 2. The average Bonchev–Trinajstić information content (AvgIpc) is 2.86. The van der Waals surface area contributed by atoms with Gasteiger partial charge < -0.3 is 10.6 Å². The van der Waals surface area contributed by atoms with Crippen molar-refractivity contribution in [3.05, 3.63) is 52.9 Å². The van der Waals surface area contributed by atoms with Crippen LogP contribution in [0.25, 0.3) is 0 Å². The standard InChI is InChI=1S/C18H25F2N5/c1-13-9-14(2)25(24-13)8-4-6-22-18(21-3)23-7-5-15-10-16(19)12-17(20)11-15/h9-12H,4-8H2,1-3H3,(H2,21,22,23). The minimum Gasteiger partial charge on any atom is -0.356 e. The molecule has 7 heteroatoms. The zero-order valence-electron chi connectivity index (χ0n) is 14.9. The molecule has 2 N–H and O–H groups in total. The zero-order valence-corrected chi connectivity index (χ0v) is 14.9. The van der Waals surface area contributed by atoms with E-state index in [1.807, 2.05) is 18.5 Å². The number of nitrogens with zero attached hydrogens (tertiary/aromatic N) is 3. The first-order valence-corrected chi connectivity index (χ1v) is 8.38. The lowest BCUT2D eigenvalue weighted by atomic mass is 10.1. The summed E-state index contributed by atoms with van der Waals surface area (Å²) >= 11 is 0. The molecule has 0 aliphatic rings. The Morgan fingerprint density at radius 3 is 2.36 bits per heavy atom. The molecule has 1 aromatic heterocycles. The van der Waals surface area contributed by atoms with E-state index in [1.54, 1.807) is 7.05 Å². The summed E-state index contributed by atoms with van der Waals surface area (Å²) in [6.45, 7) is 6.17. The Hall–Kier alpha value is -2.44. The molecule has 0 amide bonds. The lowest BCUT2D eigenvalue weighted by Crippen LogP contribution is -2.39. The molecule has 0 aliphatic heterocycles. The van der Waals surface area contributed by atoms with Crippen LogP contribution in [0.1, 0.15) is 23.4 Å². The molecule has 2 aromatic rings. The smallest absolute Gasteiger partial charge is 0.190 e. The second-order valence-electron chi connectivity index (χ2n) is 5.96. The molecule has 0 atom stereocenters. The van der Waals surface area contributed by atoms with Crippen molar-refractivity contribution in [1.29, 1.82) is 0 Å². The van der Waals surface area contributed by atoms with Gasteiger partial charge in [-0.3, -0.25) is 9.67 Å². The van der Waals surface area contributed by atoms with E-state index in [2.05, 4.69) is 26.8 Å². The Morgan fingerprint density at radius 2 is 1.76 bits per heavy atom. The largest absolute Gasteiger partial charge is 0.356 e. The fraction of sp³-hybridized carbons (Fsp3) is 0.444. The van der Waals surface area contributed by atoms with Crippen molar-refractivity contribution in [3.8, 4) is 0 Å².